The molecule has 0 unspecified atom stereocenters. The highest BCUT2D eigenvalue weighted by molar-refractivity contribution is 5.92. The van der Waals surface area contributed by atoms with Crippen molar-refractivity contribution in [2.75, 3.05) is 11.9 Å². The van der Waals surface area contributed by atoms with Crippen molar-refractivity contribution in [2.24, 2.45) is 0 Å². The predicted octanol–water partition coefficient (Wildman–Crippen LogP) is 2.25. The summed E-state index contributed by atoms with van der Waals surface area (Å²) in [5.41, 5.74) is 2.37. The maximum absolute atomic E-state index is 11.9. The zero-order valence-corrected chi connectivity index (χ0v) is 15.3. The summed E-state index contributed by atoms with van der Waals surface area (Å²) in [6.45, 7) is 1.12. The van der Waals surface area contributed by atoms with Crippen LogP contribution in [0, 0.1) is 0 Å². The predicted molar refractivity (Wildman–Crippen MR) is 102 cm³/mol. The van der Waals surface area contributed by atoms with Crippen molar-refractivity contribution in [2.45, 2.75) is 19.9 Å². The van der Waals surface area contributed by atoms with E-state index in [9.17, 15) is 14.4 Å². The molecule has 1 amide bonds. The van der Waals surface area contributed by atoms with Gasteiger partial charge in [-0.25, -0.2) is 4.79 Å². The minimum atomic E-state index is -0.781. The number of nitrogens with one attached hydrogen (secondary N) is 1. The normalized spacial score (nSPS) is 10.5. The molecule has 1 N–H and O–H groups in total. The van der Waals surface area contributed by atoms with Gasteiger partial charge in [-0.1, -0.05) is 37.3 Å². The first-order chi connectivity index (χ1) is 13.5. The molecule has 144 valence electrons. The van der Waals surface area contributed by atoms with Crippen molar-refractivity contribution in [1.29, 1.82) is 0 Å². The Morgan fingerprint density at radius 2 is 1.82 bits per heavy atom. The van der Waals surface area contributed by atoms with Crippen LogP contribution in [0.4, 0.5) is 5.69 Å². The summed E-state index contributed by atoms with van der Waals surface area (Å²) in [7, 11) is 0. The van der Waals surface area contributed by atoms with E-state index in [1.165, 1.54) is 0 Å². The Kier molecular flexibility index (Phi) is 6.01. The minimum Gasteiger partial charge on any atom is -0.454 e. The van der Waals surface area contributed by atoms with E-state index in [-0.39, 0.29) is 5.89 Å². The summed E-state index contributed by atoms with van der Waals surface area (Å²) in [5, 5.41) is 6.60. The molecule has 3 rings (SSSR count). The number of carbonyl (C=O) groups excluding carboxylic acids is 2. The number of rotatable bonds is 7. The van der Waals surface area contributed by atoms with Crippen LogP contribution < -0.4 is 11.1 Å². The van der Waals surface area contributed by atoms with Crippen LogP contribution in [-0.2, 0) is 27.3 Å². The third kappa shape index (κ3) is 4.94. The SMILES string of the molecule is CCc1ccc(NC(=O)COC(=O)Cn2nc(-c3ccccc3)oc2=O)cc1. The van der Waals surface area contributed by atoms with E-state index >= 15 is 0 Å². The molecule has 0 saturated carbocycles. The summed E-state index contributed by atoms with van der Waals surface area (Å²) >= 11 is 0. The fraction of sp³-hybridized carbons (Fsp3) is 0.200. The molecule has 0 aliphatic heterocycles. The lowest BCUT2D eigenvalue weighted by molar-refractivity contribution is -0.148. The summed E-state index contributed by atoms with van der Waals surface area (Å²) in [5.74, 6) is -1.93. The van der Waals surface area contributed by atoms with E-state index in [1.807, 2.05) is 25.1 Å². The zero-order valence-electron chi connectivity index (χ0n) is 15.3. The van der Waals surface area contributed by atoms with E-state index in [0.29, 0.717) is 11.3 Å². The Hall–Kier alpha value is -3.68. The Morgan fingerprint density at radius 1 is 1.11 bits per heavy atom. The van der Waals surface area contributed by atoms with Crippen LogP contribution in [0.2, 0.25) is 0 Å². The molecule has 0 atom stereocenters. The Balaban J connectivity index is 1.52. The molecule has 0 radical (unpaired) electrons. The maximum atomic E-state index is 11.9. The molecule has 28 heavy (non-hydrogen) atoms. The molecule has 0 fully saturated rings. The molecule has 3 aromatic rings. The number of carbonyl (C=O) groups is 2. The molecule has 2 aromatic carbocycles. The second-order valence-electron chi connectivity index (χ2n) is 5.96. The van der Waals surface area contributed by atoms with Crippen LogP contribution in [0.1, 0.15) is 12.5 Å². The number of anilines is 1. The van der Waals surface area contributed by atoms with Gasteiger partial charge in [-0.15, -0.1) is 5.10 Å². The van der Waals surface area contributed by atoms with Crippen LogP contribution in [0.5, 0.6) is 0 Å². The molecule has 1 heterocycles. The largest absolute Gasteiger partial charge is 0.454 e. The minimum absolute atomic E-state index is 0.103. The zero-order chi connectivity index (χ0) is 19.9. The van der Waals surface area contributed by atoms with E-state index in [0.717, 1.165) is 16.7 Å². The number of hydrogen-bond donors (Lipinski definition) is 1. The van der Waals surface area contributed by atoms with E-state index < -0.39 is 30.8 Å². The Morgan fingerprint density at radius 3 is 2.50 bits per heavy atom. The molecule has 0 bridgehead atoms. The Labute approximate surface area is 160 Å². The highest BCUT2D eigenvalue weighted by Crippen LogP contribution is 2.14. The highest BCUT2D eigenvalue weighted by Gasteiger charge is 2.15. The van der Waals surface area contributed by atoms with Gasteiger partial charge in [0.05, 0.1) is 0 Å². The lowest BCUT2D eigenvalue weighted by Crippen LogP contribution is -2.26. The number of aromatic nitrogens is 2. The van der Waals surface area contributed by atoms with Crippen molar-refractivity contribution in [1.82, 2.24) is 9.78 Å². The van der Waals surface area contributed by atoms with Crippen molar-refractivity contribution in [3.63, 3.8) is 0 Å². The Bertz CT molecular complexity index is 1010. The second-order valence-corrected chi connectivity index (χ2v) is 5.96. The van der Waals surface area contributed by atoms with Crippen LogP contribution in [0.3, 0.4) is 0 Å². The summed E-state index contributed by atoms with van der Waals surface area (Å²) < 4.78 is 10.8. The third-order valence-electron chi connectivity index (χ3n) is 3.92. The molecule has 1 aromatic heterocycles. The first kappa shape index (κ1) is 19.1. The third-order valence-corrected chi connectivity index (χ3v) is 3.92. The molecule has 0 aliphatic rings. The van der Waals surface area contributed by atoms with Gasteiger partial charge in [0, 0.05) is 11.3 Å². The van der Waals surface area contributed by atoms with Crippen LogP contribution >= 0.6 is 0 Å². The molecule has 0 spiro atoms. The average molecular weight is 381 g/mol. The number of nitrogens with zero attached hydrogens (tertiary/aromatic N) is 2. The van der Waals surface area contributed by atoms with Gasteiger partial charge in [0.2, 0.25) is 5.89 Å². The lowest BCUT2D eigenvalue weighted by Gasteiger charge is -2.07. The summed E-state index contributed by atoms with van der Waals surface area (Å²) in [4.78, 5) is 35.6. The smallest absolute Gasteiger partial charge is 0.437 e. The van der Waals surface area contributed by atoms with Crippen molar-refractivity contribution >= 4 is 17.6 Å². The van der Waals surface area contributed by atoms with Crippen molar-refractivity contribution < 1.29 is 18.7 Å². The van der Waals surface area contributed by atoms with Crippen molar-refractivity contribution in [3.8, 4) is 11.5 Å². The van der Waals surface area contributed by atoms with E-state index in [4.69, 9.17) is 9.15 Å². The number of benzene rings is 2. The number of ether oxygens (including phenoxy) is 1. The lowest BCUT2D eigenvalue weighted by atomic mass is 10.1. The number of aryl methyl sites for hydroxylation is 1. The van der Waals surface area contributed by atoms with Gasteiger partial charge in [-0.05, 0) is 36.2 Å². The number of esters is 1. The maximum Gasteiger partial charge on any atom is 0.437 e. The standard InChI is InChI=1S/C20H19N3O5/c1-2-14-8-10-16(11-9-14)21-17(24)13-27-18(25)12-23-20(26)28-19(22-23)15-6-4-3-5-7-15/h3-11H,2,12-13H2,1H3,(H,21,24). The van der Waals surface area contributed by atoms with Gasteiger partial charge >= 0.3 is 11.7 Å². The van der Waals surface area contributed by atoms with Crippen LogP contribution in [-0.4, -0.2) is 28.3 Å². The van der Waals surface area contributed by atoms with E-state index in [2.05, 4.69) is 10.4 Å². The highest BCUT2D eigenvalue weighted by atomic mass is 16.5. The topological polar surface area (TPSA) is 103 Å². The number of amides is 1. The molecular weight excluding hydrogens is 362 g/mol. The summed E-state index contributed by atoms with van der Waals surface area (Å²) in [6, 6.07) is 16.2. The van der Waals surface area contributed by atoms with Crippen LogP contribution in [0.25, 0.3) is 11.5 Å². The van der Waals surface area contributed by atoms with Crippen molar-refractivity contribution in [3.05, 3.63) is 70.7 Å². The van der Waals surface area contributed by atoms with Gasteiger partial charge in [0.25, 0.3) is 5.91 Å². The summed E-state index contributed by atoms with van der Waals surface area (Å²) in [6.07, 6.45) is 0.902. The fourth-order valence-corrected chi connectivity index (χ4v) is 2.44. The quantitative estimate of drug-likeness (QED) is 0.630. The van der Waals surface area contributed by atoms with Crippen LogP contribution in [0.15, 0.2) is 63.8 Å². The van der Waals surface area contributed by atoms with Gasteiger partial charge in [-0.2, -0.15) is 4.68 Å². The van der Waals surface area contributed by atoms with Gasteiger partial charge in [0.1, 0.15) is 6.54 Å². The first-order valence-corrected chi connectivity index (χ1v) is 8.73. The van der Waals surface area contributed by atoms with Gasteiger partial charge < -0.3 is 14.5 Å². The van der Waals surface area contributed by atoms with E-state index in [1.54, 1.807) is 36.4 Å². The second kappa shape index (κ2) is 8.81. The molecule has 8 heteroatoms. The van der Waals surface area contributed by atoms with Gasteiger partial charge in [0.15, 0.2) is 6.61 Å². The molecule has 8 nitrogen and oxygen atoms in total. The monoisotopic (exact) mass is 381 g/mol. The molecular formula is C20H19N3O5. The fourth-order valence-electron chi connectivity index (χ4n) is 2.44. The molecule has 0 saturated heterocycles. The average Bonchev–Trinajstić information content (AvgIpc) is 3.08. The number of hydrogen-bond acceptors (Lipinski definition) is 6. The molecule has 0 aliphatic carbocycles. The first-order valence-electron chi connectivity index (χ1n) is 8.73. The van der Waals surface area contributed by atoms with Gasteiger partial charge in [-0.3, -0.25) is 9.59 Å².